The molecular formula is C31H23N3. The van der Waals surface area contributed by atoms with E-state index in [9.17, 15) is 0 Å². The average molecular weight is 438 g/mol. The molecule has 0 atom stereocenters. The minimum Gasteiger partial charge on any atom is -0.316 e. The Hall–Kier alpha value is -4.63. The van der Waals surface area contributed by atoms with Crippen molar-refractivity contribution in [2.45, 2.75) is 0 Å². The van der Waals surface area contributed by atoms with E-state index in [1.54, 1.807) is 18.5 Å². The fraction of sp³-hybridized carbons (Fsp3) is 0. The summed E-state index contributed by atoms with van der Waals surface area (Å²) in [5, 5.41) is 3.76. The van der Waals surface area contributed by atoms with Gasteiger partial charge in [-0.3, -0.25) is 4.99 Å². The lowest BCUT2D eigenvalue weighted by atomic mass is 10.1. The second kappa shape index (κ2) is 8.38. The Morgan fingerprint density at radius 3 is 2.29 bits per heavy atom. The van der Waals surface area contributed by atoms with Gasteiger partial charge in [-0.15, -0.1) is 0 Å². The highest BCUT2D eigenvalue weighted by Gasteiger charge is 2.14. The molecule has 6 aromatic rings. The molecule has 0 spiro atoms. The number of para-hydroxylation sites is 2. The van der Waals surface area contributed by atoms with Gasteiger partial charge in [0.1, 0.15) is 0 Å². The molecule has 4 aromatic carbocycles. The van der Waals surface area contributed by atoms with Crippen molar-refractivity contribution in [3.63, 3.8) is 0 Å². The third kappa shape index (κ3) is 3.35. The molecule has 0 radical (unpaired) electrons. The van der Waals surface area contributed by atoms with E-state index in [-0.39, 0.29) is 0 Å². The largest absolute Gasteiger partial charge is 0.316 e. The van der Waals surface area contributed by atoms with E-state index in [4.69, 9.17) is 0 Å². The van der Waals surface area contributed by atoms with Crippen LogP contribution in [-0.2, 0) is 0 Å². The van der Waals surface area contributed by atoms with Gasteiger partial charge in [-0.2, -0.15) is 0 Å². The summed E-state index contributed by atoms with van der Waals surface area (Å²) in [6.45, 7) is 3.65. The molecule has 0 amide bonds. The predicted molar refractivity (Wildman–Crippen MR) is 145 cm³/mol. The molecule has 0 bridgehead atoms. The van der Waals surface area contributed by atoms with Crippen molar-refractivity contribution in [3.05, 3.63) is 128 Å². The molecule has 0 aliphatic rings. The molecular weight excluding hydrogens is 414 g/mol. The van der Waals surface area contributed by atoms with Gasteiger partial charge >= 0.3 is 0 Å². The molecule has 3 nitrogen and oxygen atoms in total. The Labute approximate surface area is 198 Å². The average Bonchev–Trinajstić information content (AvgIpc) is 3.45. The first-order valence-electron chi connectivity index (χ1n) is 11.3. The Kier molecular flexibility index (Phi) is 4.93. The normalized spacial score (nSPS) is 12.0. The highest BCUT2D eigenvalue weighted by atomic mass is 15.0. The molecule has 6 rings (SSSR count). The van der Waals surface area contributed by atoms with Gasteiger partial charge in [-0.05, 0) is 60.2 Å². The smallest absolute Gasteiger partial charge is 0.0562 e. The molecule has 0 saturated carbocycles. The van der Waals surface area contributed by atoms with Gasteiger partial charge in [0.05, 0.1) is 16.6 Å². The number of aliphatic imine (C=N–C) groups is 1. The molecule has 2 heterocycles. The topological polar surface area (TPSA) is 22.2 Å². The fourth-order valence-electron chi connectivity index (χ4n) is 4.66. The van der Waals surface area contributed by atoms with Crippen molar-refractivity contribution in [2.75, 3.05) is 0 Å². The van der Waals surface area contributed by atoms with Crippen LogP contribution < -0.4 is 0 Å². The number of fused-ring (bicyclic) bond motifs is 4. The summed E-state index contributed by atoms with van der Waals surface area (Å²) >= 11 is 0. The zero-order valence-electron chi connectivity index (χ0n) is 18.7. The highest BCUT2D eigenvalue weighted by Crippen LogP contribution is 2.35. The van der Waals surface area contributed by atoms with Crippen LogP contribution in [0, 0.1) is 0 Å². The Morgan fingerprint density at radius 1 is 0.676 bits per heavy atom. The quantitative estimate of drug-likeness (QED) is 0.244. The minimum atomic E-state index is 1.10. The highest BCUT2D eigenvalue weighted by molar-refractivity contribution is 6.13. The lowest BCUT2D eigenvalue weighted by Crippen LogP contribution is -1.95. The number of rotatable bonds is 5. The molecule has 0 N–H and O–H groups in total. The van der Waals surface area contributed by atoms with Crippen LogP contribution in [0.5, 0.6) is 0 Å². The second-order valence-electron chi connectivity index (χ2n) is 8.24. The van der Waals surface area contributed by atoms with Crippen LogP contribution in [0.1, 0.15) is 5.56 Å². The van der Waals surface area contributed by atoms with Gasteiger partial charge < -0.3 is 9.13 Å². The van der Waals surface area contributed by atoms with Crippen LogP contribution in [0.2, 0.25) is 0 Å². The number of hydrogen-bond acceptors (Lipinski definition) is 1. The Morgan fingerprint density at radius 2 is 1.47 bits per heavy atom. The van der Waals surface area contributed by atoms with Crippen LogP contribution in [0.15, 0.2) is 127 Å². The standard InChI is InChI=1S/C31H23N3/c1-2-18-32-19-16-23-12-14-26(15-13-23)34-29-11-7-6-10-27(29)28-21-24-17-20-33(30(24)22-31(28)34)25-8-4-3-5-9-25/h2-22H,1H2/b19-16+,32-18?. The Bertz CT molecular complexity index is 1690. The summed E-state index contributed by atoms with van der Waals surface area (Å²) in [6.07, 6.45) is 9.27. The molecule has 0 aliphatic carbocycles. The van der Waals surface area contributed by atoms with Crippen molar-refractivity contribution in [3.8, 4) is 11.4 Å². The monoisotopic (exact) mass is 437 g/mol. The maximum absolute atomic E-state index is 4.17. The van der Waals surface area contributed by atoms with Crippen LogP contribution in [-0.4, -0.2) is 15.3 Å². The third-order valence-electron chi connectivity index (χ3n) is 6.21. The second-order valence-corrected chi connectivity index (χ2v) is 8.24. The van der Waals surface area contributed by atoms with E-state index in [0.29, 0.717) is 0 Å². The summed E-state index contributed by atoms with van der Waals surface area (Å²) in [5.74, 6) is 0. The summed E-state index contributed by atoms with van der Waals surface area (Å²) in [7, 11) is 0. The summed E-state index contributed by atoms with van der Waals surface area (Å²) < 4.78 is 4.62. The molecule has 3 heteroatoms. The number of aromatic nitrogens is 2. The van der Waals surface area contributed by atoms with Crippen molar-refractivity contribution < 1.29 is 0 Å². The van der Waals surface area contributed by atoms with E-state index >= 15 is 0 Å². The minimum absolute atomic E-state index is 1.10. The van der Waals surface area contributed by atoms with Crippen LogP contribution in [0.4, 0.5) is 0 Å². The summed E-state index contributed by atoms with van der Waals surface area (Å²) in [4.78, 5) is 4.17. The van der Waals surface area contributed by atoms with Gasteiger partial charge in [0, 0.05) is 46.1 Å². The van der Waals surface area contributed by atoms with E-state index in [1.807, 2.05) is 6.08 Å². The van der Waals surface area contributed by atoms with Crippen molar-refractivity contribution >= 4 is 45.0 Å². The van der Waals surface area contributed by atoms with Crippen molar-refractivity contribution in [2.24, 2.45) is 4.99 Å². The first kappa shape index (κ1) is 20.0. The van der Waals surface area contributed by atoms with E-state index in [0.717, 1.165) is 16.9 Å². The Balaban J connectivity index is 1.56. The molecule has 0 unspecified atom stereocenters. The number of hydrogen-bond donors (Lipinski definition) is 0. The van der Waals surface area contributed by atoms with Crippen molar-refractivity contribution in [1.29, 1.82) is 0 Å². The van der Waals surface area contributed by atoms with Crippen LogP contribution in [0.3, 0.4) is 0 Å². The first-order valence-corrected chi connectivity index (χ1v) is 11.3. The van der Waals surface area contributed by atoms with Gasteiger partial charge in [0.2, 0.25) is 0 Å². The lowest BCUT2D eigenvalue weighted by molar-refractivity contribution is 1.12. The summed E-state index contributed by atoms with van der Waals surface area (Å²) in [6, 6.07) is 34.5. The zero-order chi connectivity index (χ0) is 22.9. The number of nitrogens with zero attached hydrogens (tertiary/aromatic N) is 3. The van der Waals surface area contributed by atoms with Crippen LogP contribution >= 0.6 is 0 Å². The third-order valence-corrected chi connectivity index (χ3v) is 6.21. The number of benzene rings is 4. The van der Waals surface area contributed by atoms with Crippen molar-refractivity contribution in [1.82, 2.24) is 9.13 Å². The molecule has 34 heavy (non-hydrogen) atoms. The molecule has 162 valence electrons. The lowest BCUT2D eigenvalue weighted by Gasteiger charge is -2.10. The first-order chi connectivity index (χ1) is 16.8. The molecule has 2 aromatic heterocycles. The predicted octanol–water partition coefficient (Wildman–Crippen LogP) is 7.96. The van der Waals surface area contributed by atoms with E-state index in [2.05, 4.69) is 124 Å². The van der Waals surface area contributed by atoms with Crippen LogP contribution in [0.25, 0.3) is 50.2 Å². The van der Waals surface area contributed by atoms with Gasteiger partial charge in [0.15, 0.2) is 0 Å². The van der Waals surface area contributed by atoms with Gasteiger partial charge in [-0.1, -0.05) is 61.2 Å². The summed E-state index contributed by atoms with van der Waals surface area (Å²) in [5.41, 5.74) is 7.00. The van der Waals surface area contributed by atoms with E-state index in [1.165, 1.54) is 32.7 Å². The molecule has 0 saturated heterocycles. The molecule has 0 aliphatic heterocycles. The zero-order valence-corrected chi connectivity index (χ0v) is 18.7. The maximum Gasteiger partial charge on any atom is 0.0562 e. The number of allylic oxidation sites excluding steroid dienone is 1. The maximum atomic E-state index is 4.17. The fourth-order valence-corrected chi connectivity index (χ4v) is 4.66. The van der Waals surface area contributed by atoms with Gasteiger partial charge in [-0.25, -0.2) is 0 Å². The molecule has 0 fully saturated rings. The van der Waals surface area contributed by atoms with E-state index < -0.39 is 0 Å². The SMILES string of the molecule is C=CC=N/C=C/c1ccc(-n2c3ccccc3c3cc4ccn(-c5ccccc5)c4cc32)cc1. The van der Waals surface area contributed by atoms with Gasteiger partial charge in [0.25, 0.3) is 0 Å².